The second kappa shape index (κ2) is 11.6. The minimum atomic E-state index is -0.264. The lowest BCUT2D eigenvalue weighted by atomic mass is 9.98. The van der Waals surface area contributed by atoms with Crippen molar-refractivity contribution >= 4 is 43.7 Å². The highest BCUT2D eigenvalue weighted by atomic mass is 79.9. The number of fused-ring (bicyclic) bond motifs is 2. The largest absolute Gasteiger partial charge is 0.465 e. The summed E-state index contributed by atoms with van der Waals surface area (Å²) in [6, 6.07) is 9.75. The summed E-state index contributed by atoms with van der Waals surface area (Å²) >= 11 is 3.54. The molecule has 0 aliphatic heterocycles. The molecular weight excluding hydrogens is 466 g/mol. The molecule has 4 nitrogen and oxygen atoms in total. The molecule has 32 heavy (non-hydrogen) atoms. The third-order valence-electron chi connectivity index (χ3n) is 6.22. The molecule has 0 fully saturated rings. The number of carbonyl (C=O) groups is 1. The lowest BCUT2D eigenvalue weighted by Gasteiger charge is -2.19. The van der Waals surface area contributed by atoms with Crippen LogP contribution in [0.15, 0.2) is 35.1 Å². The fourth-order valence-electron chi connectivity index (χ4n) is 4.36. The predicted octanol–water partition coefficient (Wildman–Crippen LogP) is 6.61. The molecule has 0 N–H and O–H groups in total. The second-order valence-electron chi connectivity index (χ2n) is 8.55. The van der Waals surface area contributed by atoms with Crippen LogP contribution in [0, 0.1) is 13.8 Å². The number of hydrogen-bond donors (Lipinski definition) is 0. The van der Waals surface area contributed by atoms with E-state index in [4.69, 9.17) is 4.74 Å². The fraction of sp³-hybridized carbons (Fsp3) is 0.481. The Labute approximate surface area is 199 Å². The van der Waals surface area contributed by atoms with E-state index in [1.54, 1.807) is 0 Å². The van der Waals surface area contributed by atoms with E-state index in [-0.39, 0.29) is 17.8 Å². The maximum atomic E-state index is 13.6. The number of carbonyl (C=O) groups excluding carboxylic acids is 1. The molecule has 0 bridgehead atoms. The lowest BCUT2D eigenvalue weighted by molar-refractivity contribution is -0.142. The molecule has 0 spiro atoms. The van der Waals surface area contributed by atoms with Crippen molar-refractivity contribution in [2.45, 2.75) is 72.3 Å². The van der Waals surface area contributed by atoms with Crippen LogP contribution in [0.2, 0.25) is 0 Å². The Morgan fingerprint density at radius 3 is 2.56 bits per heavy atom. The molecule has 0 radical (unpaired) electrons. The van der Waals surface area contributed by atoms with E-state index >= 15 is 0 Å². The van der Waals surface area contributed by atoms with Crippen molar-refractivity contribution in [3.05, 3.63) is 57.2 Å². The Bertz CT molecular complexity index is 1150. The van der Waals surface area contributed by atoms with Gasteiger partial charge in [0.25, 0.3) is 0 Å². The molecule has 1 aromatic heterocycles. The predicted molar refractivity (Wildman–Crippen MR) is 137 cm³/mol. The van der Waals surface area contributed by atoms with Gasteiger partial charge in [0.05, 0.1) is 29.4 Å². The SMILES string of the molecule is CCCCCCCOC(=O)Cc1cccc2c1c(=O)c1ccc(C)c(C)c1n2CCCBr. The van der Waals surface area contributed by atoms with E-state index in [0.29, 0.717) is 17.4 Å². The Morgan fingerprint density at radius 1 is 1.03 bits per heavy atom. The zero-order valence-corrected chi connectivity index (χ0v) is 21.1. The molecule has 2 aromatic carbocycles. The van der Waals surface area contributed by atoms with Crippen LogP contribution >= 0.6 is 15.9 Å². The summed E-state index contributed by atoms with van der Waals surface area (Å²) in [6.07, 6.45) is 6.64. The topological polar surface area (TPSA) is 48.3 Å². The Morgan fingerprint density at radius 2 is 1.81 bits per heavy atom. The summed E-state index contributed by atoms with van der Waals surface area (Å²) < 4.78 is 7.73. The van der Waals surface area contributed by atoms with Crippen molar-refractivity contribution in [2.75, 3.05) is 11.9 Å². The fourth-order valence-corrected chi connectivity index (χ4v) is 4.61. The number of pyridine rings is 1. The van der Waals surface area contributed by atoms with Crippen LogP contribution in [0.25, 0.3) is 21.8 Å². The molecule has 0 amide bonds. The van der Waals surface area contributed by atoms with Gasteiger partial charge in [-0.25, -0.2) is 0 Å². The molecule has 172 valence electrons. The van der Waals surface area contributed by atoms with Crippen LogP contribution in [0.4, 0.5) is 0 Å². The Hall–Kier alpha value is -2.14. The number of hydrogen-bond acceptors (Lipinski definition) is 3. The molecule has 3 rings (SSSR count). The van der Waals surface area contributed by atoms with Crippen LogP contribution in [0.5, 0.6) is 0 Å². The monoisotopic (exact) mass is 499 g/mol. The summed E-state index contributed by atoms with van der Waals surface area (Å²) in [5.41, 5.74) is 4.93. The molecule has 0 saturated carbocycles. The summed E-state index contributed by atoms with van der Waals surface area (Å²) in [6.45, 7) is 7.59. The highest BCUT2D eigenvalue weighted by Crippen LogP contribution is 2.27. The van der Waals surface area contributed by atoms with Crippen LogP contribution in [0.3, 0.4) is 0 Å². The third kappa shape index (κ3) is 5.43. The lowest BCUT2D eigenvalue weighted by Crippen LogP contribution is -2.17. The maximum Gasteiger partial charge on any atom is 0.310 e. The maximum absolute atomic E-state index is 13.6. The highest BCUT2D eigenvalue weighted by molar-refractivity contribution is 9.09. The van der Waals surface area contributed by atoms with Gasteiger partial charge in [-0.1, -0.05) is 66.7 Å². The molecule has 0 unspecified atom stereocenters. The van der Waals surface area contributed by atoms with Crippen LogP contribution < -0.4 is 5.43 Å². The summed E-state index contributed by atoms with van der Waals surface area (Å²) in [4.78, 5) is 26.1. The number of benzene rings is 2. The highest BCUT2D eigenvalue weighted by Gasteiger charge is 2.17. The van der Waals surface area contributed by atoms with Gasteiger partial charge in [0, 0.05) is 17.3 Å². The average molecular weight is 500 g/mol. The van der Waals surface area contributed by atoms with Gasteiger partial charge < -0.3 is 9.30 Å². The number of nitrogens with zero attached hydrogens (tertiary/aromatic N) is 1. The first-order valence-corrected chi connectivity index (χ1v) is 12.9. The molecule has 0 aliphatic carbocycles. The van der Waals surface area contributed by atoms with Crippen molar-refractivity contribution in [2.24, 2.45) is 0 Å². The van der Waals surface area contributed by atoms with Crippen molar-refractivity contribution in [3.63, 3.8) is 0 Å². The van der Waals surface area contributed by atoms with Gasteiger partial charge in [0.1, 0.15) is 0 Å². The zero-order valence-electron chi connectivity index (χ0n) is 19.5. The molecule has 0 aliphatic rings. The van der Waals surface area contributed by atoms with Gasteiger partial charge in [-0.15, -0.1) is 0 Å². The number of halogens is 1. The first-order valence-electron chi connectivity index (χ1n) is 11.8. The zero-order chi connectivity index (χ0) is 23.1. The minimum absolute atomic E-state index is 0.00356. The molecule has 0 saturated heterocycles. The number of alkyl halides is 1. The number of unbranched alkanes of at least 4 members (excludes halogenated alkanes) is 4. The van der Waals surface area contributed by atoms with Gasteiger partial charge in [0.15, 0.2) is 5.43 Å². The number of ether oxygens (including phenoxy) is 1. The first kappa shape index (κ1) is 24.5. The van der Waals surface area contributed by atoms with Gasteiger partial charge in [-0.05, 0) is 55.5 Å². The molecule has 0 atom stereocenters. The van der Waals surface area contributed by atoms with Gasteiger partial charge in [-0.2, -0.15) is 0 Å². The van der Waals surface area contributed by atoms with E-state index in [2.05, 4.69) is 41.3 Å². The van der Waals surface area contributed by atoms with Crippen LogP contribution in [0.1, 0.15) is 62.1 Å². The molecular formula is C27H34BrNO3. The van der Waals surface area contributed by atoms with Gasteiger partial charge >= 0.3 is 5.97 Å². The first-order chi connectivity index (χ1) is 15.5. The second-order valence-corrected chi connectivity index (χ2v) is 9.34. The van der Waals surface area contributed by atoms with Gasteiger partial charge in [-0.3, -0.25) is 9.59 Å². The number of rotatable bonds is 11. The van der Waals surface area contributed by atoms with E-state index in [1.807, 2.05) is 30.3 Å². The average Bonchev–Trinajstić information content (AvgIpc) is 2.78. The van der Waals surface area contributed by atoms with E-state index in [1.165, 1.54) is 24.8 Å². The van der Waals surface area contributed by atoms with E-state index < -0.39 is 0 Å². The molecule has 5 heteroatoms. The van der Waals surface area contributed by atoms with Crippen molar-refractivity contribution < 1.29 is 9.53 Å². The minimum Gasteiger partial charge on any atom is -0.465 e. The molecule has 1 heterocycles. The van der Waals surface area contributed by atoms with Crippen molar-refractivity contribution in [3.8, 4) is 0 Å². The summed E-state index contributed by atoms with van der Waals surface area (Å²) in [5, 5.41) is 2.24. The van der Waals surface area contributed by atoms with E-state index in [0.717, 1.165) is 53.3 Å². The van der Waals surface area contributed by atoms with Crippen molar-refractivity contribution in [1.82, 2.24) is 4.57 Å². The number of aryl methyl sites for hydroxylation is 3. The van der Waals surface area contributed by atoms with Crippen LogP contribution in [-0.2, 0) is 22.5 Å². The van der Waals surface area contributed by atoms with E-state index in [9.17, 15) is 9.59 Å². The number of aromatic nitrogens is 1. The third-order valence-corrected chi connectivity index (χ3v) is 6.78. The smallest absolute Gasteiger partial charge is 0.310 e. The Balaban J connectivity index is 1.97. The standard InChI is InChI=1S/C27H34BrNO3/c1-4-5-6-7-8-17-32-24(30)18-21-11-9-12-23-25(21)27(31)22-14-13-19(2)20(3)26(22)29(23)16-10-15-28/h9,11-14H,4-8,10,15-18H2,1-3H3. The van der Waals surface area contributed by atoms with Crippen molar-refractivity contribution in [1.29, 1.82) is 0 Å². The molecule has 3 aromatic rings. The Kier molecular flexibility index (Phi) is 8.92. The normalized spacial score (nSPS) is 11.4. The number of esters is 1. The summed E-state index contributed by atoms with van der Waals surface area (Å²) in [7, 11) is 0. The van der Waals surface area contributed by atoms with Gasteiger partial charge in [0.2, 0.25) is 0 Å². The summed E-state index contributed by atoms with van der Waals surface area (Å²) in [5.74, 6) is -0.264. The quantitative estimate of drug-likeness (QED) is 0.129. The van der Waals surface area contributed by atoms with Crippen LogP contribution in [-0.4, -0.2) is 22.5 Å².